The number of nitrogens with one attached hydrogen (secondary N) is 1. The Bertz CT molecular complexity index is 1160. The molecule has 8 nitrogen and oxygen atoms in total. The van der Waals surface area contributed by atoms with Gasteiger partial charge in [0.15, 0.2) is 0 Å². The van der Waals surface area contributed by atoms with Gasteiger partial charge in [-0.05, 0) is 75.9 Å². The second kappa shape index (κ2) is 12.9. The van der Waals surface area contributed by atoms with Gasteiger partial charge in [-0.3, -0.25) is 13.9 Å². The number of nitrogens with zero attached hydrogens (tertiary/aromatic N) is 2. The summed E-state index contributed by atoms with van der Waals surface area (Å²) in [7, 11) is -1.96. The van der Waals surface area contributed by atoms with Crippen LogP contribution in [0.1, 0.15) is 58.6 Å². The van der Waals surface area contributed by atoms with Gasteiger partial charge in [0.2, 0.25) is 21.8 Å². The minimum absolute atomic E-state index is 0.0934. The molecule has 0 radical (unpaired) electrons. The number of hydrogen-bond acceptors (Lipinski definition) is 5. The van der Waals surface area contributed by atoms with Crippen LogP contribution in [0.4, 0.5) is 5.69 Å². The molecule has 0 aliphatic heterocycles. The molecular formula is C28H41N3O5S. The first kappa shape index (κ1) is 30.2. The summed E-state index contributed by atoms with van der Waals surface area (Å²) in [4.78, 5) is 27.9. The number of carbonyl (C=O) groups is 2. The summed E-state index contributed by atoms with van der Waals surface area (Å²) in [6, 6.07) is 14.0. The van der Waals surface area contributed by atoms with Gasteiger partial charge in [0, 0.05) is 25.0 Å². The van der Waals surface area contributed by atoms with Crippen LogP contribution in [0.5, 0.6) is 5.75 Å². The van der Waals surface area contributed by atoms with Crippen LogP contribution in [0, 0.1) is 0 Å². The van der Waals surface area contributed by atoms with Gasteiger partial charge in [-0.1, -0.05) is 31.2 Å². The molecule has 2 amide bonds. The van der Waals surface area contributed by atoms with Crippen molar-refractivity contribution in [1.29, 1.82) is 0 Å². The number of ether oxygens (including phenoxy) is 1. The summed E-state index contributed by atoms with van der Waals surface area (Å²) in [5.74, 6) is 0.182. The van der Waals surface area contributed by atoms with Crippen LogP contribution in [0.15, 0.2) is 48.5 Å². The molecule has 2 rings (SSSR count). The average molecular weight is 532 g/mol. The van der Waals surface area contributed by atoms with Crippen LogP contribution >= 0.6 is 0 Å². The van der Waals surface area contributed by atoms with Crippen molar-refractivity contribution in [3.8, 4) is 5.75 Å². The lowest BCUT2D eigenvalue weighted by Crippen LogP contribution is -2.52. The molecule has 0 bridgehead atoms. The molecule has 9 heteroatoms. The predicted molar refractivity (Wildman–Crippen MR) is 148 cm³/mol. The molecule has 204 valence electrons. The molecule has 0 aliphatic rings. The maximum absolute atomic E-state index is 13.4. The van der Waals surface area contributed by atoms with Gasteiger partial charge >= 0.3 is 0 Å². The fourth-order valence-corrected chi connectivity index (χ4v) is 4.89. The largest absolute Gasteiger partial charge is 0.497 e. The van der Waals surface area contributed by atoms with E-state index in [9.17, 15) is 18.0 Å². The Labute approximate surface area is 222 Å². The molecule has 2 aromatic rings. The normalized spacial score (nSPS) is 12.5. The lowest BCUT2D eigenvalue weighted by molar-refractivity contribution is -0.141. The van der Waals surface area contributed by atoms with Crippen molar-refractivity contribution in [2.75, 3.05) is 24.2 Å². The Hall–Kier alpha value is -3.07. The molecule has 1 N–H and O–H groups in total. The number of methoxy groups -OCH3 is 1. The van der Waals surface area contributed by atoms with E-state index >= 15 is 0 Å². The number of rotatable bonds is 12. The number of carbonyl (C=O) groups excluding carboxylic acids is 2. The molecule has 1 atom stereocenters. The summed E-state index contributed by atoms with van der Waals surface area (Å²) < 4.78 is 31.6. The molecule has 2 aromatic carbocycles. The van der Waals surface area contributed by atoms with Crippen molar-refractivity contribution < 1.29 is 22.7 Å². The van der Waals surface area contributed by atoms with Gasteiger partial charge in [-0.15, -0.1) is 0 Å². The Balaban J connectivity index is 2.20. The number of amides is 2. The average Bonchev–Trinajstić information content (AvgIpc) is 2.83. The molecular weight excluding hydrogens is 490 g/mol. The zero-order chi connectivity index (χ0) is 27.8. The van der Waals surface area contributed by atoms with Crippen molar-refractivity contribution >= 4 is 27.5 Å². The van der Waals surface area contributed by atoms with Crippen molar-refractivity contribution in [1.82, 2.24) is 10.2 Å². The minimum atomic E-state index is -3.53. The third kappa shape index (κ3) is 9.39. The first-order chi connectivity index (χ1) is 17.2. The number of anilines is 1. The van der Waals surface area contributed by atoms with Crippen LogP contribution < -0.4 is 14.4 Å². The maximum atomic E-state index is 13.4. The Kier molecular flexibility index (Phi) is 10.5. The van der Waals surface area contributed by atoms with Crippen molar-refractivity contribution in [3.63, 3.8) is 0 Å². The first-order valence-corrected chi connectivity index (χ1v) is 14.4. The van der Waals surface area contributed by atoms with Crippen molar-refractivity contribution in [3.05, 3.63) is 59.7 Å². The lowest BCUT2D eigenvalue weighted by Gasteiger charge is -2.32. The monoisotopic (exact) mass is 531 g/mol. The van der Waals surface area contributed by atoms with E-state index in [1.165, 1.54) is 9.21 Å². The second-order valence-corrected chi connectivity index (χ2v) is 12.2. The molecule has 0 saturated heterocycles. The third-order valence-electron chi connectivity index (χ3n) is 5.94. The smallest absolute Gasteiger partial charge is 0.242 e. The van der Waals surface area contributed by atoms with Gasteiger partial charge in [0.25, 0.3) is 0 Å². The van der Waals surface area contributed by atoms with Crippen LogP contribution in [0.2, 0.25) is 0 Å². The molecule has 0 aliphatic carbocycles. The molecule has 0 saturated carbocycles. The summed E-state index contributed by atoms with van der Waals surface area (Å²) in [6.07, 6.45) is 2.42. The fourth-order valence-electron chi connectivity index (χ4n) is 3.93. The standard InChI is InChI=1S/C28H41N3O5S/c1-8-22-14-16-24(17-15-22)31(37(7,34)35)18-10-13-26(32)30(21(2)27(33)29-28(3,4)5)20-23-11-9-12-25(19-23)36-6/h9,11-12,14-17,19,21H,8,10,13,18,20H2,1-7H3,(H,29,33)/t21-/m0/s1. The van der Waals surface area contributed by atoms with Crippen LogP contribution in [-0.4, -0.2) is 56.6 Å². The van der Waals surface area contributed by atoms with Gasteiger partial charge < -0.3 is 15.0 Å². The van der Waals surface area contributed by atoms with Crippen LogP contribution in [0.25, 0.3) is 0 Å². The Morgan fingerprint density at radius 1 is 1.05 bits per heavy atom. The molecule has 0 fully saturated rings. The Morgan fingerprint density at radius 3 is 2.24 bits per heavy atom. The zero-order valence-electron chi connectivity index (χ0n) is 23.1. The summed E-state index contributed by atoms with van der Waals surface area (Å²) in [5, 5.41) is 2.94. The second-order valence-electron chi connectivity index (χ2n) is 10.2. The highest BCUT2D eigenvalue weighted by molar-refractivity contribution is 7.92. The van der Waals surface area contributed by atoms with Gasteiger partial charge in [0.1, 0.15) is 11.8 Å². The minimum Gasteiger partial charge on any atom is -0.497 e. The third-order valence-corrected chi connectivity index (χ3v) is 7.13. The molecule has 0 heterocycles. The highest BCUT2D eigenvalue weighted by Gasteiger charge is 2.28. The predicted octanol–water partition coefficient (Wildman–Crippen LogP) is 4.14. The van der Waals surface area contributed by atoms with Crippen molar-refractivity contribution in [2.24, 2.45) is 0 Å². The molecule has 0 aromatic heterocycles. The van der Waals surface area contributed by atoms with E-state index in [-0.39, 0.29) is 31.3 Å². The summed E-state index contributed by atoms with van der Waals surface area (Å²) in [6.45, 7) is 9.79. The maximum Gasteiger partial charge on any atom is 0.242 e. The quantitative estimate of drug-likeness (QED) is 0.444. The van der Waals surface area contributed by atoms with Gasteiger partial charge in [0.05, 0.1) is 19.1 Å². The Morgan fingerprint density at radius 2 is 1.70 bits per heavy atom. The zero-order valence-corrected chi connectivity index (χ0v) is 23.9. The SMILES string of the molecule is CCc1ccc(N(CCCC(=O)N(Cc2cccc(OC)c2)[C@@H](C)C(=O)NC(C)(C)C)S(C)(=O)=O)cc1. The number of hydrogen-bond donors (Lipinski definition) is 1. The molecule has 0 unspecified atom stereocenters. The van der Waals surface area contributed by atoms with E-state index in [1.54, 1.807) is 26.2 Å². The molecule has 0 spiro atoms. The number of sulfonamides is 1. The van der Waals surface area contributed by atoms with Crippen LogP contribution in [0.3, 0.4) is 0 Å². The highest BCUT2D eigenvalue weighted by atomic mass is 32.2. The lowest BCUT2D eigenvalue weighted by atomic mass is 10.1. The van der Waals surface area contributed by atoms with E-state index in [4.69, 9.17) is 4.74 Å². The molecule has 37 heavy (non-hydrogen) atoms. The van der Waals surface area contributed by atoms with Gasteiger partial charge in [-0.2, -0.15) is 0 Å². The van der Waals surface area contributed by atoms with E-state index in [0.717, 1.165) is 23.8 Å². The van der Waals surface area contributed by atoms with E-state index in [0.29, 0.717) is 17.9 Å². The fraction of sp³-hybridized carbons (Fsp3) is 0.500. The summed E-state index contributed by atoms with van der Waals surface area (Å²) >= 11 is 0. The van der Waals surface area contributed by atoms with Gasteiger partial charge in [-0.25, -0.2) is 8.42 Å². The van der Waals surface area contributed by atoms with E-state index < -0.39 is 21.6 Å². The van der Waals surface area contributed by atoms with E-state index in [2.05, 4.69) is 5.32 Å². The van der Waals surface area contributed by atoms with Crippen molar-refractivity contribution in [2.45, 2.75) is 72.0 Å². The van der Waals surface area contributed by atoms with E-state index in [1.807, 2.05) is 64.1 Å². The summed E-state index contributed by atoms with van der Waals surface area (Å²) in [5.41, 5.74) is 2.07. The van der Waals surface area contributed by atoms with Crippen LogP contribution in [-0.2, 0) is 32.6 Å². The first-order valence-electron chi connectivity index (χ1n) is 12.6. The topological polar surface area (TPSA) is 96.0 Å². The highest BCUT2D eigenvalue weighted by Crippen LogP contribution is 2.21. The number of benzene rings is 2. The number of aryl methyl sites for hydroxylation is 1.